The largest absolute Gasteiger partial charge is 0.353 e. The normalized spacial score (nSPS) is 10.2. The van der Waals surface area contributed by atoms with E-state index in [0.717, 1.165) is 5.69 Å². The van der Waals surface area contributed by atoms with Crippen LogP contribution in [0, 0.1) is 3.57 Å². The molecule has 0 saturated heterocycles. The molecule has 2 aromatic rings. The molecule has 3 nitrogen and oxygen atoms in total. The predicted molar refractivity (Wildman–Crippen MR) is 74.5 cm³/mol. The first kappa shape index (κ1) is 11.9. The van der Waals surface area contributed by atoms with E-state index in [9.17, 15) is 0 Å². The standard InChI is InChI=1S/C10H6Cl2IN3/c11-9-5-8(10(12)16-15-9)14-7-3-1-6(13)2-4-7/h1-5H,(H,14,15). The molecule has 1 aromatic heterocycles. The summed E-state index contributed by atoms with van der Waals surface area (Å²) in [6, 6.07) is 9.52. The van der Waals surface area contributed by atoms with Crippen LogP contribution in [0.1, 0.15) is 0 Å². The van der Waals surface area contributed by atoms with Gasteiger partial charge in [-0.2, -0.15) is 0 Å². The molecule has 0 unspecified atom stereocenters. The van der Waals surface area contributed by atoms with Crippen LogP contribution in [0.4, 0.5) is 11.4 Å². The lowest BCUT2D eigenvalue weighted by molar-refractivity contribution is 1.03. The number of nitrogens with zero attached hydrogens (tertiary/aromatic N) is 2. The predicted octanol–water partition coefficient (Wildman–Crippen LogP) is 4.13. The van der Waals surface area contributed by atoms with Crippen molar-refractivity contribution in [3.63, 3.8) is 0 Å². The van der Waals surface area contributed by atoms with Gasteiger partial charge in [0.05, 0.1) is 5.69 Å². The number of rotatable bonds is 2. The Morgan fingerprint density at radius 1 is 1.06 bits per heavy atom. The highest BCUT2D eigenvalue weighted by Gasteiger charge is 2.04. The highest BCUT2D eigenvalue weighted by Crippen LogP contribution is 2.25. The molecule has 0 fully saturated rings. The third-order valence-electron chi connectivity index (χ3n) is 1.84. The van der Waals surface area contributed by atoms with Gasteiger partial charge in [0.25, 0.3) is 0 Å². The molecule has 1 N–H and O–H groups in total. The van der Waals surface area contributed by atoms with E-state index in [1.807, 2.05) is 24.3 Å². The molecule has 0 aliphatic heterocycles. The van der Waals surface area contributed by atoms with Gasteiger partial charge in [0.2, 0.25) is 0 Å². The molecule has 0 saturated carbocycles. The molecule has 0 amide bonds. The lowest BCUT2D eigenvalue weighted by atomic mass is 10.3. The van der Waals surface area contributed by atoms with Gasteiger partial charge < -0.3 is 5.32 Å². The topological polar surface area (TPSA) is 37.8 Å². The minimum atomic E-state index is 0.294. The number of benzene rings is 1. The highest BCUT2D eigenvalue weighted by atomic mass is 127. The third-order valence-corrected chi connectivity index (χ3v) is 3.03. The van der Waals surface area contributed by atoms with Gasteiger partial charge in [0, 0.05) is 15.3 Å². The minimum absolute atomic E-state index is 0.294. The zero-order chi connectivity index (χ0) is 11.5. The Hall–Kier alpha value is -0.590. The van der Waals surface area contributed by atoms with Gasteiger partial charge in [0.1, 0.15) is 0 Å². The van der Waals surface area contributed by atoms with Crippen LogP contribution in [0.5, 0.6) is 0 Å². The number of anilines is 2. The Balaban J connectivity index is 2.26. The van der Waals surface area contributed by atoms with Gasteiger partial charge in [-0.3, -0.25) is 0 Å². The molecule has 0 atom stereocenters. The van der Waals surface area contributed by atoms with Crippen LogP contribution in [-0.4, -0.2) is 10.2 Å². The van der Waals surface area contributed by atoms with Gasteiger partial charge in [-0.25, -0.2) is 0 Å². The van der Waals surface area contributed by atoms with Crippen molar-refractivity contribution in [3.05, 3.63) is 44.2 Å². The Kier molecular flexibility index (Phi) is 3.83. The summed E-state index contributed by atoms with van der Waals surface area (Å²) < 4.78 is 1.17. The molecule has 82 valence electrons. The van der Waals surface area contributed by atoms with Gasteiger partial charge in [-0.15, -0.1) is 10.2 Å². The first-order valence-electron chi connectivity index (χ1n) is 4.36. The first-order valence-corrected chi connectivity index (χ1v) is 6.20. The van der Waals surface area contributed by atoms with Crippen molar-refractivity contribution in [2.75, 3.05) is 5.32 Å². The smallest absolute Gasteiger partial charge is 0.175 e. The Labute approximate surface area is 116 Å². The number of hydrogen-bond donors (Lipinski definition) is 1. The lowest BCUT2D eigenvalue weighted by Crippen LogP contribution is -1.94. The summed E-state index contributed by atoms with van der Waals surface area (Å²) in [5, 5.41) is 11.1. The van der Waals surface area contributed by atoms with Crippen LogP contribution < -0.4 is 5.32 Å². The van der Waals surface area contributed by atoms with E-state index in [2.05, 4.69) is 38.1 Å². The third kappa shape index (κ3) is 2.96. The van der Waals surface area contributed by atoms with Crippen LogP contribution in [-0.2, 0) is 0 Å². The maximum Gasteiger partial charge on any atom is 0.175 e. The van der Waals surface area contributed by atoms with Crippen molar-refractivity contribution >= 4 is 57.2 Å². The van der Waals surface area contributed by atoms with E-state index < -0.39 is 0 Å². The van der Waals surface area contributed by atoms with E-state index in [-0.39, 0.29) is 0 Å². The Bertz CT molecular complexity index is 502. The van der Waals surface area contributed by atoms with Crippen LogP contribution in [0.15, 0.2) is 30.3 Å². The van der Waals surface area contributed by atoms with Crippen molar-refractivity contribution in [2.45, 2.75) is 0 Å². The van der Waals surface area contributed by atoms with E-state index in [4.69, 9.17) is 23.2 Å². The number of halogens is 3. The molecular formula is C10H6Cl2IN3. The number of nitrogens with one attached hydrogen (secondary N) is 1. The van der Waals surface area contributed by atoms with E-state index in [1.165, 1.54) is 3.57 Å². The average Bonchev–Trinajstić information content (AvgIpc) is 2.27. The van der Waals surface area contributed by atoms with Crippen molar-refractivity contribution < 1.29 is 0 Å². The SMILES string of the molecule is Clc1cc(Nc2ccc(I)cc2)c(Cl)nn1. The fourth-order valence-corrected chi connectivity index (χ4v) is 1.78. The fraction of sp³-hybridized carbons (Fsp3) is 0. The molecule has 16 heavy (non-hydrogen) atoms. The number of aromatic nitrogens is 2. The van der Waals surface area contributed by atoms with E-state index >= 15 is 0 Å². The quantitative estimate of drug-likeness (QED) is 0.813. The fourth-order valence-electron chi connectivity index (χ4n) is 1.13. The molecule has 6 heteroatoms. The highest BCUT2D eigenvalue weighted by molar-refractivity contribution is 14.1. The summed E-state index contributed by atoms with van der Waals surface area (Å²) in [6.07, 6.45) is 0. The molecule has 1 heterocycles. The molecule has 0 aliphatic carbocycles. The molecule has 0 spiro atoms. The first-order chi connectivity index (χ1) is 7.65. The minimum Gasteiger partial charge on any atom is -0.353 e. The second kappa shape index (κ2) is 5.16. The monoisotopic (exact) mass is 365 g/mol. The van der Waals surface area contributed by atoms with Crippen LogP contribution in [0.25, 0.3) is 0 Å². The summed E-state index contributed by atoms with van der Waals surface area (Å²) in [7, 11) is 0. The summed E-state index contributed by atoms with van der Waals surface area (Å²) >= 11 is 13.9. The van der Waals surface area contributed by atoms with Gasteiger partial charge in [-0.05, 0) is 46.9 Å². The molecule has 0 aliphatic rings. The summed E-state index contributed by atoms with van der Waals surface area (Å²) in [5.41, 5.74) is 1.56. The van der Waals surface area contributed by atoms with E-state index in [1.54, 1.807) is 6.07 Å². The second-order valence-corrected chi connectivity index (χ2v) is 4.99. The molecular weight excluding hydrogens is 360 g/mol. The van der Waals surface area contributed by atoms with Crippen LogP contribution in [0.3, 0.4) is 0 Å². The lowest BCUT2D eigenvalue weighted by Gasteiger charge is -2.07. The average molecular weight is 366 g/mol. The van der Waals surface area contributed by atoms with Crippen LogP contribution in [0.2, 0.25) is 10.3 Å². The van der Waals surface area contributed by atoms with Crippen molar-refractivity contribution in [3.8, 4) is 0 Å². The molecule has 2 rings (SSSR count). The zero-order valence-corrected chi connectivity index (χ0v) is 11.6. The van der Waals surface area contributed by atoms with Crippen LogP contribution >= 0.6 is 45.8 Å². The molecule has 0 radical (unpaired) electrons. The maximum atomic E-state index is 5.88. The molecule has 1 aromatic carbocycles. The van der Waals surface area contributed by atoms with Crippen molar-refractivity contribution in [1.82, 2.24) is 10.2 Å². The Morgan fingerprint density at radius 2 is 1.75 bits per heavy atom. The summed E-state index contributed by atoms with van der Waals surface area (Å²) in [5.74, 6) is 0. The van der Waals surface area contributed by atoms with Gasteiger partial charge in [0.15, 0.2) is 10.3 Å². The van der Waals surface area contributed by atoms with E-state index in [0.29, 0.717) is 16.0 Å². The number of hydrogen-bond acceptors (Lipinski definition) is 3. The zero-order valence-electron chi connectivity index (χ0n) is 7.92. The summed E-state index contributed by atoms with van der Waals surface area (Å²) in [4.78, 5) is 0. The van der Waals surface area contributed by atoms with Crippen molar-refractivity contribution in [1.29, 1.82) is 0 Å². The van der Waals surface area contributed by atoms with Gasteiger partial charge in [-0.1, -0.05) is 23.2 Å². The van der Waals surface area contributed by atoms with Gasteiger partial charge >= 0.3 is 0 Å². The second-order valence-electron chi connectivity index (χ2n) is 3.00. The summed E-state index contributed by atoms with van der Waals surface area (Å²) in [6.45, 7) is 0. The molecule has 0 bridgehead atoms. The maximum absolute atomic E-state index is 5.88. The van der Waals surface area contributed by atoms with Crippen molar-refractivity contribution in [2.24, 2.45) is 0 Å². The Morgan fingerprint density at radius 3 is 2.44 bits per heavy atom.